The summed E-state index contributed by atoms with van der Waals surface area (Å²) in [5.41, 5.74) is -1.54. The summed E-state index contributed by atoms with van der Waals surface area (Å²) in [4.78, 5) is 25.4. The van der Waals surface area contributed by atoms with Crippen LogP contribution in [0, 0.1) is 0 Å². The molecule has 3 fully saturated rings. The molecule has 4 heteroatoms. The largest absolute Gasteiger partial charge is 0.341 e. The molecule has 0 spiro atoms. The maximum absolute atomic E-state index is 12.0. The maximum Gasteiger partial charge on any atom is 0.265 e. The SMILES string of the molecule is C=CCN1C(=O)C23CCCCC2(O3)C1=O. The van der Waals surface area contributed by atoms with Crippen molar-refractivity contribution >= 4 is 11.8 Å². The highest BCUT2D eigenvalue weighted by Crippen LogP contribution is 2.62. The van der Waals surface area contributed by atoms with Crippen LogP contribution >= 0.6 is 0 Å². The topological polar surface area (TPSA) is 49.9 Å². The molecule has 1 aliphatic carbocycles. The zero-order valence-electron chi connectivity index (χ0n) is 8.49. The summed E-state index contributed by atoms with van der Waals surface area (Å²) < 4.78 is 5.51. The van der Waals surface area contributed by atoms with Crippen molar-refractivity contribution in [2.45, 2.75) is 36.9 Å². The molecule has 0 aromatic carbocycles. The van der Waals surface area contributed by atoms with Crippen molar-refractivity contribution < 1.29 is 14.3 Å². The average molecular weight is 207 g/mol. The predicted octanol–water partition coefficient (Wildman–Crippen LogP) is 0.623. The first kappa shape index (κ1) is 9.09. The summed E-state index contributed by atoms with van der Waals surface area (Å²) in [6.45, 7) is 3.87. The Balaban J connectivity index is 1.99. The number of imide groups is 1. The van der Waals surface area contributed by atoms with E-state index in [2.05, 4.69) is 6.58 Å². The van der Waals surface area contributed by atoms with Crippen molar-refractivity contribution in [3.8, 4) is 0 Å². The van der Waals surface area contributed by atoms with Crippen molar-refractivity contribution in [2.24, 2.45) is 0 Å². The highest BCUT2D eigenvalue weighted by molar-refractivity contribution is 6.17. The number of rotatable bonds is 2. The van der Waals surface area contributed by atoms with Gasteiger partial charge in [0.25, 0.3) is 11.8 Å². The second-order valence-corrected chi connectivity index (χ2v) is 4.47. The van der Waals surface area contributed by atoms with Gasteiger partial charge < -0.3 is 4.74 Å². The summed E-state index contributed by atoms with van der Waals surface area (Å²) in [6, 6.07) is 0. The van der Waals surface area contributed by atoms with E-state index in [9.17, 15) is 9.59 Å². The van der Waals surface area contributed by atoms with Crippen LogP contribution < -0.4 is 0 Å². The summed E-state index contributed by atoms with van der Waals surface area (Å²) in [7, 11) is 0. The zero-order valence-corrected chi connectivity index (χ0v) is 8.49. The van der Waals surface area contributed by atoms with Crippen molar-refractivity contribution in [1.29, 1.82) is 0 Å². The van der Waals surface area contributed by atoms with Gasteiger partial charge in [-0.1, -0.05) is 6.08 Å². The Morgan fingerprint density at radius 2 is 1.80 bits per heavy atom. The fraction of sp³-hybridized carbons (Fsp3) is 0.636. The molecule has 2 saturated heterocycles. The predicted molar refractivity (Wildman–Crippen MR) is 51.9 cm³/mol. The fourth-order valence-corrected chi connectivity index (χ4v) is 3.00. The van der Waals surface area contributed by atoms with Gasteiger partial charge in [-0.2, -0.15) is 0 Å². The van der Waals surface area contributed by atoms with Crippen LogP contribution in [-0.2, 0) is 14.3 Å². The molecule has 0 radical (unpaired) electrons. The minimum absolute atomic E-state index is 0.146. The molecular formula is C11H13NO3. The molecule has 2 amide bonds. The maximum atomic E-state index is 12.0. The van der Waals surface area contributed by atoms with Gasteiger partial charge in [-0.05, 0) is 25.7 Å². The molecular weight excluding hydrogens is 194 g/mol. The number of carbonyl (C=O) groups excluding carboxylic acids is 2. The highest BCUT2D eigenvalue weighted by atomic mass is 16.7. The lowest BCUT2D eigenvalue weighted by Gasteiger charge is -2.15. The third-order valence-corrected chi connectivity index (χ3v) is 3.76. The van der Waals surface area contributed by atoms with E-state index in [-0.39, 0.29) is 11.8 Å². The van der Waals surface area contributed by atoms with Crippen LogP contribution in [0.15, 0.2) is 12.7 Å². The summed E-state index contributed by atoms with van der Waals surface area (Å²) in [5, 5.41) is 0. The minimum Gasteiger partial charge on any atom is -0.341 e. The van der Waals surface area contributed by atoms with Crippen LogP contribution in [0.25, 0.3) is 0 Å². The van der Waals surface area contributed by atoms with Gasteiger partial charge in [0.05, 0.1) is 0 Å². The van der Waals surface area contributed by atoms with Gasteiger partial charge in [-0.15, -0.1) is 6.58 Å². The third-order valence-electron chi connectivity index (χ3n) is 3.76. The monoisotopic (exact) mass is 207 g/mol. The zero-order chi connectivity index (χ0) is 10.7. The number of epoxide rings is 1. The van der Waals surface area contributed by atoms with Gasteiger partial charge in [0.15, 0.2) is 11.2 Å². The average Bonchev–Trinajstić information content (AvgIpc) is 2.91. The third kappa shape index (κ3) is 0.785. The van der Waals surface area contributed by atoms with E-state index in [1.54, 1.807) is 6.08 Å². The quantitative estimate of drug-likeness (QED) is 0.379. The number of morpholine rings is 1. The molecule has 2 atom stereocenters. The standard InChI is InChI=1S/C11H13NO3/c1-2-7-12-8(13)10-5-3-4-6-11(10,15-10)9(12)14/h2H,1,3-7H2. The van der Waals surface area contributed by atoms with Crippen LogP contribution in [-0.4, -0.2) is 34.5 Å². The summed E-state index contributed by atoms with van der Waals surface area (Å²) >= 11 is 0. The Kier molecular flexibility index (Phi) is 1.51. The second kappa shape index (κ2) is 2.50. The Morgan fingerprint density at radius 1 is 1.27 bits per heavy atom. The molecule has 2 aliphatic heterocycles. The van der Waals surface area contributed by atoms with E-state index in [4.69, 9.17) is 4.74 Å². The Labute approximate surface area is 87.9 Å². The van der Waals surface area contributed by atoms with Gasteiger partial charge in [-0.25, -0.2) is 0 Å². The molecule has 2 heterocycles. The molecule has 80 valence electrons. The Morgan fingerprint density at radius 3 is 2.27 bits per heavy atom. The molecule has 3 rings (SSSR count). The van der Waals surface area contributed by atoms with E-state index in [0.29, 0.717) is 19.4 Å². The molecule has 0 aromatic rings. The number of carbonyl (C=O) groups is 2. The molecule has 3 aliphatic rings. The molecule has 0 aromatic heterocycles. The number of ether oxygens (including phenoxy) is 1. The molecule has 15 heavy (non-hydrogen) atoms. The van der Waals surface area contributed by atoms with E-state index >= 15 is 0 Å². The molecule has 0 N–H and O–H groups in total. The van der Waals surface area contributed by atoms with Gasteiger partial charge in [0, 0.05) is 6.54 Å². The number of hydrogen-bond acceptors (Lipinski definition) is 3. The first-order valence-electron chi connectivity index (χ1n) is 5.35. The lowest BCUT2D eigenvalue weighted by atomic mass is 9.81. The van der Waals surface area contributed by atoms with E-state index in [1.165, 1.54) is 4.90 Å². The van der Waals surface area contributed by atoms with Crippen LogP contribution in [0.2, 0.25) is 0 Å². The van der Waals surface area contributed by atoms with E-state index in [0.717, 1.165) is 12.8 Å². The summed E-state index contributed by atoms with van der Waals surface area (Å²) in [5.74, 6) is -0.292. The van der Waals surface area contributed by atoms with Crippen LogP contribution in [0.1, 0.15) is 25.7 Å². The van der Waals surface area contributed by atoms with Gasteiger partial charge in [0.2, 0.25) is 0 Å². The van der Waals surface area contributed by atoms with Gasteiger partial charge in [-0.3, -0.25) is 14.5 Å². The minimum atomic E-state index is -0.772. The van der Waals surface area contributed by atoms with Crippen molar-refractivity contribution in [3.05, 3.63) is 12.7 Å². The number of likely N-dealkylation sites (tertiary alicyclic amines) is 1. The number of amides is 2. The molecule has 0 bridgehead atoms. The lowest BCUT2D eigenvalue weighted by molar-refractivity contribution is -0.148. The normalized spacial score (nSPS) is 42.5. The van der Waals surface area contributed by atoms with E-state index in [1.807, 2.05) is 0 Å². The smallest absolute Gasteiger partial charge is 0.265 e. The van der Waals surface area contributed by atoms with E-state index < -0.39 is 11.2 Å². The Bertz CT molecular complexity index is 348. The molecule has 4 nitrogen and oxygen atoms in total. The Hall–Kier alpha value is -1.16. The number of nitrogens with zero attached hydrogens (tertiary/aromatic N) is 1. The van der Waals surface area contributed by atoms with Crippen molar-refractivity contribution in [3.63, 3.8) is 0 Å². The van der Waals surface area contributed by atoms with Crippen LogP contribution in [0.3, 0.4) is 0 Å². The van der Waals surface area contributed by atoms with Crippen molar-refractivity contribution in [2.75, 3.05) is 6.54 Å². The fourth-order valence-electron chi connectivity index (χ4n) is 3.00. The molecule has 1 saturated carbocycles. The first-order valence-corrected chi connectivity index (χ1v) is 5.35. The highest BCUT2D eigenvalue weighted by Gasteiger charge is 2.85. The number of hydrogen-bond donors (Lipinski definition) is 0. The molecule has 2 unspecified atom stereocenters. The van der Waals surface area contributed by atoms with Crippen molar-refractivity contribution in [1.82, 2.24) is 4.90 Å². The van der Waals surface area contributed by atoms with Gasteiger partial charge >= 0.3 is 0 Å². The lowest BCUT2D eigenvalue weighted by Crippen LogP contribution is -2.38. The summed E-state index contributed by atoms with van der Waals surface area (Å²) in [6.07, 6.45) is 4.93. The second-order valence-electron chi connectivity index (χ2n) is 4.47. The first-order chi connectivity index (χ1) is 7.18. The van der Waals surface area contributed by atoms with Crippen LogP contribution in [0.4, 0.5) is 0 Å². The van der Waals surface area contributed by atoms with Crippen LogP contribution in [0.5, 0.6) is 0 Å². The van der Waals surface area contributed by atoms with Gasteiger partial charge in [0.1, 0.15) is 0 Å².